The van der Waals surface area contributed by atoms with Crippen molar-refractivity contribution in [1.82, 2.24) is 10.6 Å². The molecule has 1 atom stereocenters. The number of hydrogen-bond acceptors (Lipinski definition) is 3. The molecule has 20 heavy (non-hydrogen) atoms. The quantitative estimate of drug-likeness (QED) is 0.695. The molecule has 0 spiro atoms. The zero-order valence-corrected chi connectivity index (χ0v) is 13.4. The predicted octanol–water partition coefficient (Wildman–Crippen LogP) is 1.49. The molecule has 0 heterocycles. The minimum atomic E-state index is -0.717. The number of rotatable bonds is 6. The van der Waals surface area contributed by atoms with Crippen LogP contribution in [-0.4, -0.2) is 29.9 Å². The lowest BCUT2D eigenvalue weighted by atomic mass is 9.82. The van der Waals surface area contributed by atoms with E-state index < -0.39 is 5.54 Å². The van der Waals surface area contributed by atoms with Crippen LogP contribution in [0.5, 0.6) is 0 Å². The maximum Gasteiger partial charge on any atom is 0.240 e. The van der Waals surface area contributed by atoms with Crippen LogP contribution in [0, 0.1) is 0 Å². The molecule has 1 unspecified atom stereocenters. The highest BCUT2D eigenvalue weighted by Gasteiger charge is 2.34. The molecule has 1 aliphatic carbocycles. The fourth-order valence-corrected chi connectivity index (χ4v) is 2.32. The molecule has 1 aliphatic rings. The van der Waals surface area contributed by atoms with Crippen LogP contribution in [-0.2, 0) is 9.59 Å². The summed E-state index contributed by atoms with van der Waals surface area (Å²) in [6, 6.07) is 0.183. The third-order valence-electron chi connectivity index (χ3n) is 3.86. The van der Waals surface area contributed by atoms with Crippen LogP contribution in [0.4, 0.5) is 0 Å². The molecule has 0 aromatic rings. The molecular weight excluding hydrogens is 278 g/mol. The molecule has 0 aromatic heterocycles. The largest absolute Gasteiger partial charge is 0.354 e. The van der Waals surface area contributed by atoms with E-state index in [4.69, 9.17) is 5.73 Å². The minimum absolute atomic E-state index is 0. The van der Waals surface area contributed by atoms with Crippen LogP contribution in [0.2, 0.25) is 0 Å². The number of carbonyl (C=O) groups is 2. The zero-order chi connectivity index (χ0) is 14.3. The van der Waals surface area contributed by atoms with E-state index >= 15 is 0 Å². The van der Waals surface area contributed by atoms with Gasteiger partial charge in [-0.1, -0.05) is 26.2 Å². The molecule has 5 nitrogen and oxygen atoms in total. The fraction of sp³-hybridized carbons (Fsp3) is 0.857. The first-order valence-corrected chi connectivity index (χ1v) is 7.34. The molecule has 1 saturated carbocycles. The van der Waals surface area contributed by atoms with Gasteiger partial charge in [-0.3, -0.25) is 9.59 Å². The monoisotopic (exact) mass is 305 g/mol. The van der Waals surface area contributed by atoms with E-state index in [1.54, 1.807) is 0 Å². The summed E-state index contributed by atoms with van der Waals surface area (Å²) in [4.78, 5) is 23.6. The average molecular weight is 306 g/mol. The molecule has 0 saturated heterocycles. The van der Waals surface area contributed by atoms with Crippen LogP contribution in [0.3, 0.4) is 0 Å². The van der Waals surface area contributed by atoms with Crippen LogP contribution in [0.1, 0.15) is 58.8 Å². The standard InChI is InChI=1S/C14H27N3O2.ClH/c1-3-11(2)17-12(18)7-10-16-13(19)14(15)8-5-4-6-9-14;/h11H,3-10,15H2,1-2H3,(H,16,19)(H,17,18);1H. The van der Waals surface area contributed by atoms with E-state index in [1.165, 1.54) is 0 Å². The van der Waals surface area contributed by atoms with E-state index in [9.17, 15) is 9.59 Å². The minimum Gasteiger partial charge on any atom is -0.354 e. The molecule has 6 heteroatoms. The second-order valence-electron chi connectivity index (χ2n) is 5.60. The van der Waals surface area contributed by atoms with Gasteiger partial charge >= 0.3 is 0 Å². The van der Waals surface area contributed by atoms with Gasteiger partial charge in [-0.25, -0.2) is 0 Å². The smallest absolute Gasteiger partial charge is 0.240 e. The normalized spacial score (nSPS) is 18.6. The molecule has 118 valence electrons. The highest BCUT2D eigenvalue weighted by molar-refractivity contribution is 5.86. The van der Waals surface area contributed by atoms with Gasteiger partial charge in [0.1, 0.15) is 0 Å². The summed E-state index contributed by atoms with van der Waals surface area (Å²) in [5, 5.41) is 5.66. The Morgan fingerprint density at radius 3 is 2.40 bits per heavy atom. The molecule has 0 bridgehead atoms. The van der Waals surface area contributed by atoms with Gasteiger partial charge in [0.25, 0.3) is 0 Å². The second kappa shape index (κ2) is 9.19. The Labute approximate surface area is 127 Å². The average Bonchev–Trinajstić information content (AvgIpc) is 2.39. The molecule has 0 radical (unpaired) electrons. The first kappa shape index (κ1) is 19.2. The topological polar surface area (TPSA) is 84.2 Å². The Balaban J connectivity index is 0.00000361. The van der Waals surface area contributed by atoms with Gasteiger partial charge in [-0.2, -0.15) is 0 Å². The van der Waals surface area contributed by atoms with Crippen molar-refractivity contribution in [2.75, 3.05) is 6.54 Å². The Morgan fingerprint density at radius 1 is 1.25 bits per heavy atom. The van der Waals surface area contributed by atoms with Crippen molar-refractivity contribution in [3.63, 3.8) is 0 Å². The van der Waals surface area contributed by atoms with Crippen molar-refractivity contribution >= 4 is 24.2 Å². The lowest BCUT2D eigenvalue weighted by Gasteiger charge is -2.31. The summed E-state index contributed by atoms with van der Waals surface area (Å²) < 4.78 is 0. The van der Waals surface area contributed by atoms with E-state index in [0.717, 1.165) is 38.5 Å². The molecule has 2 amide bonds. The summed E-state index contributed by atoms with van der Waals surface area (Å²) in [6.45, 7) is 4.35. The van der Waals surface area contributed by atoms with Crippen molar-refractivity contribution in [3.8, 4) is 0 Å². The van der Waals surface area contributed by atoms with Gasteiger partial charge in [-0.15, -0.1) is 12.4 Å². The Hall–Kier alpha value is -0.810. The van der Waals surface area contributed by atoms with Crippen molar-refractivity contribution < 1.29 is 9.59 Å². The van der Waals surface area contributed by atoms with Crippen LogP contribution < -0.4 is 16.4 Å². The SMILES string of the molecule is CCC(C)NC(=O)CCNC(=O)C1(N)CCCCC1.Cl. The summed E-state index contributed by atoms with van der Waals surface area (Å²) in [5.74, 6) is -0.132. The number of nitrogens with two attached hydrogens (primary N) is 1. The Morgan fingerprint density at radius 2 is 1.85 bits per heavy atom. The first-order valence-electron chi connectivity index (χ1n) is 7.34. The van der Waals surface area contributed by atoms with Crippen LogP contribution >= 0.6 is 12.4 Å². The van der Waals surface area contributed by atoms with Gasteiger partial charge in [0, 0.05) is 19.0 Å². The van der Waals surface area contributed by atoms with Crippen LogP contribution in [0.25, 0.3) is 0 Å². The number of amides is 2. The van der Waals surface area contributed by atoms with Crippen molar-refractivity contribution in [1.29, 1.82) is 0 Å². The van der Waals surface area contributed by atoms with Gasteiger partial charge in [0.15, 0.2) is 0 Å². The Kier molecular flexibility index (Phi) is 8.81. The fourth-order valence-electron chi connectivity index (χ4n) is 2.32. The molecule has 1 rings (SSSR count). The molecule has 0 aliphatic heterocycles. The first-order chi connectivity index (χ1) is 8.98. The van der Waals surface area contributed by atoms with Gasteiger partial charge in [0.05, 0.1) is 5.54 Å². The lowest BCUT2D eigenvalue weighted by molar-refractivity contribution is -0.127. The maximum atomic E-state index is 12.0. The molecular formula is C14H28ClN3O2. The lowest BCUT2D eigenvalue weighted by Crippen LogP contribution is -2.55. The maximum absolute atomic E-state index is 12.0. The molecule has 1 fully saturated rings. The molecule has 4 N–H and O–H groups in total. The van der Waals surface area contributed by atoms with E-state index in [-0.39, 0.29) is 30.3 Å². The predicted molar refractivity (Wildman–Crippen MR) is 82.8 cm³/mol. The van der Waals surface area contributed by atoms with Crippen molar-refractivity contribution in [2.45, 2.75) is 70.4 Å². The van der Waals surface area contributed by atoms with Gasteiger partial charge < -0.3 is 16.4 Å². The highest BCUT2D eigenvalue weighted by Crippen LogP contribution is 2.25. The van der Waals surface area contributed by atoms with Crippen LogP contribution in [0.15, 0.2) is 0 Å². The summed E-state index contributed by atoms with van der Waals surface area (Å²) in [7, 11) is 0. The van der Waals surface area contributed by atoms with Crippen molar-refractivity contribution in [3.05, 3.63) is 0 Å². The Bertz CT molecular complexity index is 318. The summed E-state index contributed by atoms with van der Waals surface area (Å²) in [5.41, 5.74) is 5.39. The number of hydrogen-bond donors (Lipinski definition) is 3. The highest BCUT2D eigenvalue weighted by atomic mass is 35.5. The zero-order valence-electron chi connectivity index (χ0n) is 12.5. The van der Waals surface area contributed by atoms with E-state index in [2.05, 4.69) is 10.6 Å². The third kappa shape index (κ3) is 6.09. The second-order valence-corrected chi connectivity index (χ2v) is 5.60. The van der Waals surface area contributed by atoms with E-state index in [1.807, 2.05) is 13.8 Å². The number of nitrogens with one attached hydrogen (secondary N) is 2. The van der Waals surface area contributed by atoms with Crippen molar-refractivity contribution in [2.24, 2.45) is 5.73 Å². The van der Waals surface area contributed by atoms with E-state index in [0.29, 0.717) is 13.0 Å². The van der Waals surface area contributed by atoms with Gasteiger partial charge in [0.2, 0.25) is 11.8 Å². The molecule has 0 aromatic carbocycles. The third-order valence-corrected chi connectivity index (χ3v) is 3.86. The number of carbonyl (C=O) groups excluding carboxylic acids is 2. The number of halogens is 1. The summed E-state index contributed by atoms with van der Waals surface area (Å²) in [6.07, 6.45) is 5.90. The summed E-state index contributed by atoms with van der Waals surface area (Å²) >= 11 is 0. The van der Waals surface area contributed by atoms with Gasteiger partial charge in [-0.05, 0) is 26.2 Å².